The molecule has 0 atom stereocenters. The number of hydrazone groups is 1. The summed E-state index contributed by atoms with van der Waals surface area (Å²) in [5, 5.41) is 5.97. The second-order valence-corrected chi connectivity index (χ2v) is 4.32. The molecule has 5 nitrogen and oxygen atoms in total. The van der Waals surface area contributed by atoms with E-state index in [1.807, 2.05) is 19.3 Å². The molecule has 0 spiro atoms. The number of hydrogen-bond acceptors (Lipinski definition) is 3. The van der Waals surface area contributed by atoms with Gasteiger partial charge in [0.1, 0.15) is 5.82 Å². The zero-order valence-electron chi connectivity index (χ0n) is 10.8. The van der Waals surface area contributed by atoms with Crippen molar-refractivity contribution in [3.8, 4) is 0 Å². The number of hydrogen-bond donors (Lipinski definition) is 2. The molecule has 6 heteroatoms. The first-order chi connectivity index (χ1) is 9.00. The predicted molar refractivity (Wildman–Crippen MR) is 70.0 cm³/mol. The fourth-order valence-electron chi connectivity index (χ4n) is 1.17. The fraction of sp³-hybridized carbons (Fsp3) is 0.308. The van der Waals surface area contributed by atoms with E-state index in [9.17, 15) is 14.0 Å². The molecule has 1 rings (SSSR count). The zero-order valence-corrected chi connectivity index (χ0v) is 10.8. The van der Waals surface area contributed by atoms with E-state index in [0.717, 1.165) is 6.21 Å². The van der Waals surface area contributed by atoms with Crippen LogP contribution in [0.2, 0.25) is 0 Å². The maximum atomic E-state index is 13.2. The molecule has 1 aromatic rings. The monoisotopic (exact) mass is 265 g/mol. The largest absolute Gasteiger partial charge is 0.348 e. The van der Waals surface area contributed by atoms with Gasteiger partial charge in [-0.3, -0.25) is 9.59 Å². The minimum atomic E-state index is -0.881. The highest BCUT2D eigenvalue weighted by atomic mass is 19.1. The number of nitrogens with zero attached hydrogens (tertiary/aromatic N) is 1. The summed E-state index contributed by atoms with van der Waals surface area (Å²) in [4.78, 5) is 22.6. The molecular weight excluding hydrogens is 249 g/mol. The molecule has 0 bridgehead atoms. The van der Waals surface area contributed by atoms with Crippen molar-refractivity contribution in [1.29, 1.82) is 0 Å². The third kappa shape index (κ3) is 5.29. The van der Waals surface area contributed by atoms with E-state index in [1.54, 1.807) is 12.1 Å². The summed E-state index contributed by atoms with van der Waals surface area (Å²) in [6.07, 6.45) is 1.14. The molecular formula is C13H16FN3O2. The predicted octanol–water partition coefficient (Wildman–Crippen LogP) is 1.05. The highest BCUT2D eigenvalue weighted by Crippen LogP contribution is 2.02. The van der Waals surface area contributed by atoms with E-state index in [4.69, 9.17) is 0 Å². The van der Waals surface area contributed by atoms with E-state index in [0.29, 0.717) is 6.54 Å². The van der Waals surface area contributed by atoms with Crippen LogP contribution in [0.25, 0.3) is 0 Å². The Bertz CT molecular complexity index is 487. The highest BCUT2D eigenvalue weighted by molar-refractivity contribution is 6.35. The van der Waals surface area contributed by atoms with Crippen molar-refractivity contribution in [2.75, 3.05) is 6.54 Å². The van der Waals surface area contributed by atoms with Crippen LogP contribution in [0.15, 0.2) is 29.4 Å². The number of carbonyl (C=O) groups excluding carboxylic acids is 2. The van der Waals surface area contributed by atoms with Gasteiger partial charge in [-0.2, -0.15) is 5.10 Å². The molecule has 0 aliphatic heterocycles. The second kappa shape index (κ2) is 7.25. The van der Waals surface area contributed by atoms with E-state index in [2.05, 4.69) is 10.4 Å². The molecule has 2 N–H and O–H groups in total. The van der Waals surface area contributed by atoms with Crippen molar-refractivity contribution < 1.29 is 14.0 Å². The fourth-order valence-corrected chi connectivity index (χ4v) is 1.17. The zero-order chi connectivity index (χ0) is 14.3. The summed E-state index contributed by atoms with van der Waals surface area (Å²) >= 11 is 0. The first kappa shape index (κ1) is 14.8. The van der Waals surface area contributed by atoms with Crippen LogP contribution in [-0.4, -0.2) is 24.6 Å². The number of amides is 2. The number of benzene rings is 1. The highest BCUT2D eigenvalue weighted by Gasteiger charge is 2.12. The van der Waals surface area contributed by atoms with Gasteiger partial charge in [0.15, 0.2) is 0 Å². The van der Waals surface area contributed by atoms with E-state index in [-0.39, 0.29) is 11.5 Å². The molecule has 2 amide bonds. The van der Waals surface area contributed by atoms with Crippen LogP contribution in [0.1, 0.15) is 19.4 Å². The van der Waals surface area contributed by atoms with Crippen LogP contribution < -0.4 is 10.7 Å². The van der Waals surface area contributed by atoms with Gasteiger partial charge in [-0.1, -0.05) is 32.0 Å². The first-order valence-electron chi connectivity index (χ1n) is 5.86. The average Bonchev–Trinajstić information content (AvgIpc) is 2.38. The van der Waals surface area contributed by atoms with Gasteiger partial charge in [0, 0.05) is 12.1 Å². The summed E-state index contributed by atoms with van der Waals surface area (Å²) in [6.45, 7) is 4.23. The van der Waals surface area contributed by atoms with Gasteiger partial charge in [0.2, 0.25) is 0 Å². The van der Waals surface area contributed by atoms with Gasteiger partial charge in [-0.15, -0.1) is 0 Å². The number of halogens is 1. The normalized spacial score (nSPS) is 10.7. The van der Waals surface area contributed by atoms with Crippen LogP contribution in [0.3, 0.4) is 0 Å². The molecule has 0 radical (unpaired) electrons. The van der Waals surface area contributed by atoms with Crippen LogP contribution >= 0.6 is 0 Å². The summed E-state index contributed by atoms with van der Waals surface area (Å²) in [6, 6.07) is 5.97. The molecule has 0 aromatic heterocycles. The van der Waals surface area contributed by atoms with Gasteiger partial charge in [-0.05, 0) is 12.0 Å². The van der Waals surface area contributed by atoms with Crippen LogP contribution in [-0.2, 0) is 9.59 Å². The number of carbonyl (C=O) groups is 2. The number of nitrogens with one attached hydrogen (secondary N) is 2. The molecule has 0 unspecified atom stereocenters. The summed E-state index contributed by atoms with van der Waals surface area (Å²) < 4.78 is 13.2. The van der Waals surface area contributed by atoms with Gasteiger partial charge >= 0.3 is 11.8 Å². The Morgan fingerprint density at radius 2 is 2.00 bits per heavy atom. The average molecular weight is 265 g/mol. The van der Waals surface area contributed by atoms with Crippen LogP contribution in [0.5, 0.6) is 0 Å². The lowest BCUT2D eigenvalue weighted by atomic mass is 10.2. The Kier molecular flexibility index (Phi) is 5.66. The molecule has 0 aliphatic carbocycles. The van der Waals surface area contributed by atoms with Crippen molar-refractivity contribution in [1.82, 2.24) is 10.7 Å². The lowest BCUT2D eigenvalue weighted by Crippen LogP contribution is -2.39. The SMILES string of the molecule is CC(C)CNC(=O)C(=O)N/N=C/c1ccccc1F. The Balaban J connectivity index is 2.46. The Hall–Kier alpha value is -2.24. The Morgan fingerprint density at radius 3 is 2.63 bits per heavy atom. The van der Waals surface area contributed by atoms with Crippen molar-refractivity contribution in [2.24, 2.45) is 11.0 Å². The molecule has 0 aliphatic rings. The quantitative estimate of drug-likeness (QED) is 0.485. The van der Waals surface area contributed by atoms with Gasteiger partial charge in [-0.25, -0.2) is 9.82 Å². The Morgan fingerprint density at radius 1 is 1.32 bits per heavy atom. The van der Waals surface area contributed by atoms with E-state index >= 15 is 0 Å². The lowest BCUT2D eigenvalue weighted by molar-refractivity contribution is -0.139. The molecule has 1 aromatic carbocycles. The molecule has 102 valence electrons. The maximum Gasteiger partial charge on any atom is 0.329 e. The first-order valence-corrected chi connectivity index (χ1v) is 5.86. The smallest absolute Gasteiger partial charge is 0.329 e. The standard InChI is InChI=1S/C13H16FN3O2/c1-9(2)7-15-12(18)13(19)17-16-8-10-5-3-4-6-11(10)14/h3-6,8-9H,7H2,1-2H3,(H,15,18)(H,17,19)/b16-8+. The van der Waals surface area contributed by atoms with Crippen LogP contribution in [0.4, 0.5) is 4.39 Å². The topological polar surface area (TPSA) is 70.6 Å². The summed E-state index contributed by atoms with van der Waals surface area (Å²) in [5.74, 6) is -1.85. The second-order valence-electron chi connectivity index (χ2n) is 4.32. The summed E-state index contributed by atoms with van der Waals surface area (Å²) in [7, 11) is 0. The van der Waals surface area contributed by atoms with E-state index in [1.165, 1.54) is 12.1 Å². The van der Waals surface area contributed by atoms with Crippen molar-refractivity contribution >= 4 is 18.0 Å². The Labute approximate surface area is 110 Å². The minimum Gasteiger partial charge on any atom is -0.348 e. The van der Waals surface area contributed by atoms with Crippen molar-refractivity contribution in [3.63, 3.8) is 0 Å². The van der Waals surface area contributed by atoms with Crippen molar-refractivity contribution in [3.05, 3.63) is 35.6 Å². The molecule has 0 fully saturated rings. The van der Waals surface area contributed by atoms with Gasteiger partial charge < -0.3 is 5.32 Å². The minimum absolute atomic E-state index is 0.227. The van der Waals surface area contributed by atoms with Gasteiger partial charge in [0.25, 0.3) is 0 Å². The lowest BCUT2D eigenvalue weighted by Gasteiger charge is -2.05. The molecule has 0 heterocycles. The van der Waals surface area contributed by atoms with E-state index < -0.39 is 17.6 Å². The third-order valence-electron chi connectivity index (χ3n) is 2.15. The molecule has 0 saturated carbocycles. The number of rotatable bonds is 4. The summed E-state index contributed by atoms with van der Waals surface area (Å²) in [5.41, 5.74) is 2.26. The maximum absolute atomic E-state index is 13.2. The molecule has 0 saturated heterocycles. The van der Waals surface area contributed by atoms with Crippen LogP contribution in [0, 0.1) is 11.7 Å². The van der Waals surface area contributed by atoms with Gasteiger partial charge in [0.05, 0.1) is 6.21 Å². The third-order valence-corrected chi connectivity index (χ3v) is 2.15. The molecule has 19 heavy (non-hydrogen) atoms. The van der Waals surface area contributed by atoms with Crippen molar-refractivity contribution in [2.45, 2.75) is 13.8 Å².